The van der Waals surface area contributed by atoms with Crippen molar-refractivity contribution in [2.24, 2.45) is 7.05 Å². The summed E-state index contributed by atoms with van der Waals surface area (Å²) in [6.07, 6.45) is 3.43. The number of aromatic hydroxyl groups is 1. The SMILES string of the molecule is Cn1c(-c2cc(O)cc3ccccc23)cc2nc(OC[C@@]34CCCN3C[C@H](F)C4)c(C#N)c(N3CC4CCC(C3)N4)c2c1=O. The minimum absolute atomic E-state index is 0.100. The van der Waals surface area contributed by atoms with Crippen LogP contribution in [0, 0.1) is 11.3 Å². The van der Waals surface area contributed by atoms with Gasteiger partial charge in [-0.1, -0.05) is 24.3 Å². The van der Waals surface area contributed by atoms with Gasteiger partial charge in [-0.15, -0.1) is 0 Å². The molecule has 0 amide bonds. The smallest absolute Gasteiger partial charge is 0.262 e. The van der Waals surface area contributed by atoms with Crippen molar-refractivity contribution in [3.8, 4) is 29.0 Å². The van der Waals surface area contributed by atoms with E-state index in [9.17, 15) is 19.6 Å². The molecule has 0 aliphatic carbocycles. The summed E-state index contributed by atoms with van der Waals surface area (Å²) in [7, 11) is 1.72. The van der Waals surface area contributed by atoms with Gasteiger partial charge in [0.1, 0.15) is 30.2 Å². The molecule has 2 aromatic carbocycles. The third kappa shape index (κ3) is 4.25. The number of piperazine rings is 1. The number of phenols is 1. The van der Waals surface area contributed by atoms with Gasteiger partial charge in [-0.25, -0.2) is 9.37 Å². The number of nitrogens with zero attached hydrogens (tertiary/aromatic N) is 5. The van der Waals surface area contributed by atoms with Crippen LogP contribution >= 0.6 is 0 Å². The molecular weight excluding hydrogens is 559 g/mol. The van der Waals surface area contributed by atoms with Gasteiger partial charge in [0, 0.05) is 50.7 Å². The molecule has 4 aliphatic heterocycles. The van der Waals surface area contributed by atoms with Crippen LogP contribution < -0.4 is 20.5 Å². The van der Waals surface area contributed by atoms with Gasteiger partial charge in [0.2, 0.25) is 5.88 Å². The zero-order valence-electron chi connectivity index (χ0n) is 24.7. The summed E-state index contributed by atoms with van der Waals surface area (Å²) in [6.45, 7) is 2.83. The Kier molecular flexibility index (Phi) is 6.33. The zero-order valence-corrected chi connectivity index (χ0v) is 24.7. The largest absolute Gasteiger partial charge is 0.508 e. The fourth-order valence-corrected chi connectivity index (χ4v) is 8.31. The van der Waals surface area contributed by atoms with Crippen molar-refractivity contribution < 1.29 is 14.2 Å². The average molecular weight is 595 g/mol. The second-order valence-electron chi connectivity index (χ2n) is 13.0. The third-order valence-corrected chi connectivity index (χ3v) is 10.3. The maximum Gasteiger partial charge on any atom is 0.262 e. The van der Waals surface area contributed by atoms with E-state index < -0.39 is 11.7 Å². The number of nitriles is 1. The Morgan fingerprint density at radius 1 is 1.18 bits per heavy atom. The highest BCUT2D eigenvalue weighted by Gasteiger charge is 2.49. The van der Waals surface area contributed by atoms with Gasteiger partial charge in [0.25, 0.3) is 5.56 Å². The quantitative estimate of drug-likeness (QED) is 0.354. The summed E-state index contributed by atoms with van der Waals surface area (Å²) in [5.41, 5.74) is 1.88. The number of benzene rings is 2. The molecular formula is C34H35FN6O3. The molecule has 0 radical (unpaired) electrons. The van der Waals surface area contributed by atoms with Crippen LogP contribution in [0.25, 0.3) is 32.9 Å². The van der Waals surface area contributed by atoms with Crippen LogP contribution in [-0.2, 0) is 7.05 Å². The van der Waals surface area contributed by atoms with Crippen molar-refractivity contribution in [3.05, 3.63) is 58.4 Å². The summed E-state index contributed by atoms with van der Waals surface area (Å²) < 4.78 is 22.6. The molecule has 226 valence electrons. The predicted molar refractivity (Wildman–Crippen MR) is 167 cm³/mol. The Morgan fingerprint density at radius 3 is 2.77 bits per heavy atom. The molecule has 2 bridgehead atoms. The first-order valence-corrected chi connectivity index (χ1v) is 15.6. The number of hydrogen-bond donors (Lipinski definition) is 2. The van der Waals surface area contributed by atoms with Gasteiger partial charge in [-0.3, -0.25) is 9.69 Å². The number of halogens is 1. The molecule has 4 saturated heterocycles. The van der Waals surface area contributed by atoms with Gasteiger partial charge >= 0.3 is 0 Å². The van der Waals surface area contributed by atoms with E-state index in [1.165, 1.54) is 0 Å². The fraction of sp³-hybridized carbons (Fsp3) is 0.441. The van der Waals surface area contributed by atoms with Crippen LogP contribution in [0.1, 0.15) is 37.7 Å². The Hall–Kier alpha value is -4.20. The molecule has 4 aromatic rings. The van der Waals surface area contributed by atoms with Gasteiger partial charge in [0.05, 0.1) is 27.8 Å². The molecule has 44 heavy (non-hydrogen) atoms. The molecule has 2 N–H and O–H groups in total. The zero-order chi connectivity index (χ0) is 30.2. The van der Waals surface area contributed by atoms with Gasteiger partial charge in [0.15, 0.2) is 0 Å². The lowest BCUT2D eigenvalue weighted by molar-refractivity contribution is 0.110. The topological polar surface area (TPSA) is 107 Å². The lowest BCUT2D eigenvalue weighted by Gasteiger charge is -2.36. The number of phenolic OH excluding ortho intramolecular Hbond substituents is 1. The van der Waals surface area contributed by atoms with Gasteiger partial charge in [-0.2, -0.15) is 5.26 Å². The minimum atomic E-state index is -0.895. The number of aromatic nitrogens is 2. The lowest BCUT2D eigenvalue weighted by Crippen LogP contribution is -2.51. The van der Waals surface area contributed by atoms with E-state index in [4.69, 9.17) is 9.72 Å². The van der Waals surface area contributed by atoms with Crippen LogP contribution in [0.3, 0.4) is 0 Å². The number of ether oxygens (including phenoxy) is 1. The van der Waals surface area contributed by atoms with Gasteiger partial charge < -0.3 is 24.6 Å². The van der Waals surface area contributed by atoms with Crippen LogP contribution in [0.5, 0.6) is 11.6 Å². The number of pyridine rings is 2. The summed E-state index contributed by atoms with van der Waals surface area (Å²) in [6, 6.07) is 15.9. The van der Waals surface area contributed by atoms with E-state index in [0.29, 0.717) is 53.9 Å². The number of nitrogens with one attached hydrogen (secondary N) is 1. The second kappa shape index (κ2) is 10.2. The van der Waals surface area contributed by atoms with Crippen molar-refractivity contribution >= 4 is 27.4 Å². The third-order valence-electron chi connectivity index (χ3n) is 10.3. The molecule has 8 rings (SSSR count). The Bertz CT molecular complexity index is 1910. The lowest BCUT2D eigenvalue weighted by atomic mass is 9.95. The van der Waals surface area contributed by atoms with E-state index in [0.717, 1.165) is 43.0 Å². The van der Waals surface area contributed by atoms with E-state index in [1.807, 2.05) is 30.3 Å². The fourth-order valence-electron chi connectivity index (χ4n) is 8.31. The molecule has 0 spiro atoms. The van der Waals surface area contributed by atoms with Crippen LogP contribution in [0.2, 0.25) is 0 Å². The summed E-state index contributed by atoms with van der Waals surface area (Å²) >= 11 is 0. The van der Waals surface area contributed by atoms with Crippen molar-refractivity contribution in [1.29, 1.82) is 5.26 Å². The van der Waals surface area contributed by atoms with E-state index in [1.54, 1.807) is 23.7 Å². The average Bonchev–Trinajstić information content (AvgIpc) is 3.66. The summed E-state index contributed by atoms with van der Waals surface area (Å²) in [5, 5.41) is 26.9. The second-order valence-corrected chi connectivity index (χ2v) is 13.0. The highest BCUT2D eigenvalue weighted by atomic mass is 19.1. The Morgan fingerprint density at radius 2 is 1.98 bits per heavy atom. The normalized spacial score (nSPS) is 26.4. The predicted octanol–water partition coefficient (Wildman–Crippen LogP) is 4.23. The summed E-state index contributed by atoms with van der Waals surface area (Å²) in [5.74, 6) is 0.285. The molecule has 0 saturated carbocycles. The minimum Gasteiger partial charge on any atom is -0.508 e. The number of hydrogen-bond acceptors (Lipinski definition) is 8. The number of alkyl halides is 1. The highest BCUT2D eigenvalue weighted by molar-refractivity contribution is 6.01. The molecule has 6 heterocycles. The Balaban J connectivity index is 1.33. The van der Waals surface area contributed by atoms with Crippen molar-refractivity contribution in [2.45, 2.75) is 55.9 Å². The molecule has 9 nitrogen and oxygen atoms in total. The molecule has 4 aliphatic rings. The van der Waals surface area contributed by atoms with Crippen LogP contribution in [0.4, 0.5) is 10.1 Å². The first-order chi connectivity index (χ1) is 21.3. The van der Waals surface area contributed by atoms with E-state index in [2.05, 4.69) is 21.2 Å². The van der Waals surface area contributed by atoms with Gasteiger partial charge in [-0.05, 0) is 61.2 Å². The van der Waals surface area contributed by atoms with Crippen molar-refractivity contribution in [1.82, 2.24) is 19.8 Å². The first-order valence-electron chi connectivity index (χ1n) is 15.6. The maximum atomic E-state index is 14.6. The number of fused-ring (bicyclic) bond motifs is 5. The van der Waals surface area contributed by atoms with Crippen molar-refractivity contribution in [3.63, 3.8) is 0 Å². The monoisotopic (exact) mass is 594 g/mol. The highest BCUT2D eigenvalue weighted by Crippen LogP contribution is 2.42. The summed E-state index contributed by atoms with van der Waals surface area (Å²) in [4.78, 5) is 23.5. The molecule has 4 fully saturated rings. The van der Waals surface area contributed by atoms with Crippen LogP contribution in [0.15, 0.2) is 47.3 Å². The number of rotatable bonds is 5. The molecule has 2 unspecified atom stereocenters. The molecule has 2 aromatic heterocycles. The van der Waals surface area contributed by atoms with Crippen LogP contribution in [-0.4, -0.2) is 76.1 Å². The van der Waals surface area contributed by atoms with Crippen molar-refractivity contribution in [2.75, 3.05) is 37.7 Å². The van der Waals surface area contributed by atoms with E-state index >= 15 is 0 Å². The Labute approximate surface area is 254 Å². The first kappa shape index (κ1) is 27.4. The van der Waals surface area contributed by atoms with E-state index in [-0.39, 0.29) is 41.4 Å². The number of anilines is 1. The molecule has 10 heteroatoms. The molecule has 4 atom stereocenters. The maximum absolute atomic E-state index is 14.6. The standard InChI is InChI=1S/C34H35FN6O3/c1-39-29(26-12-24(42)11-20-5-2-3-6-25(20)26)13-28-30(33(39)43)31(40-17-22-7-8-23(18-40)37-22)27(15-36)32(38-28)44-19-34-9-4-10-41(34)16-21(35)14-34/h2-3,5-6,11-13,21-23,37,42H,4,7-10,14,16-19H2,1H3/t21-,22?,23?,34+/m1/s1.